The van der Waals surface area contributed by atoms with Gasteiger partial charge < -0.3 is 20.1 Å². The van der Waals surface area contributed by atoms with Crippen molar-refractivity contribution in [3.63, 3.8) is 0 Å². The Labute approximate surface area is 150 Å². The Bertz CT molecular complexity index is 694. The number of halogens is 1. The van der Waals surface area contributed by atoms with Gasteiger partial charge in [-0.05, 0) is 55.5 Å². The molecule has 0 aromatic heterocycles. The van der Waals surface area contributed by atoms with Crippen LogP contribution >= 0.6 is 28.1 Å². The monoisotopic (exact) mass is 394 g/mol. The topological polar surface area (TPSA) is 42.5 Å². The molecule has 2 aromatic carbocycles. The Morgan fingerprint density at radius 3 is 2.57 bits per heavy atom. The minimum atomic E-state index is -0.0350. The van der Waals surface area contributed by atoms with E-state index < -0.39 is 0 Å². The third-order valence-corrected chi connectivity index (χ3v) is 4.05. The van der Waals surface area contributed by atoms with Crippen LogP contribution in [0.25, 0.3) is 0 Å². The van der Waals surface area contributed by atoms with Crippen LogP contribution in [0, 0.1) is 0 Å². The van der Waals surface area contributed by atoms with Crippen LogP contribution in [0.5, 0.6) is 11.5 Å². The number of hydrogen-bond donors (Lipinski definition) is 2. The van der Waals surface area contributed by atoms with Gasteiger partial charge >= 0.3 is 0 Å². The van der Waals surface area contributed by atoms with Gasteiger partial charge in [0, 0.05) is 15.7 Å². The molecule has 2 N–H and O–H groups in total. The molecule has 4 nitrogen and oxygen atoms in total. The molecule has 0 fully saturated rings. The fraction of sp³-hybridized carbons (Fsp3) is 0.235. The second kappa shape index (κ2) is 8.17. The van der Waals surface area contributed by atoms with Gasteiger partial charge in [-0.3, -0.25) is 0 Å². The van der Waals surface area contributed by atoms with Crippen LogP contribution in [0.4, 0.5) is 5.69 Å². The number of nitrogens with one attached hydrogen (secondary N) is 2. The molecule has 0 aliphatic rings. The third kappa shape index (κ3) is 4.84. The second-order valence-electron chi connectivity index (χ2n) is 4.94. The number of thiocarbonyl (C=S) groups is 1. The summed E-state index contributed by atoms with van der Waals surface area (Å²) in [5.74, 6) is 1.57. The second-order valence-corrected chi connectivity index (χ2v) is 6.26. The first-order valence-electron chi connectivity index (χ1n) is 7.08. The van der Waals surface area contributed by atoms with Crippen LogP contribution in [0.1, 0.15) is 18.5 Å². The van der Waals surface area contributed by atoms with Crippen LogP contribution in [0.15, 0.2) is 46.9 Å². The average molecular weight is 395 g/mol. The van der Waals surface area contributed by atoms with Gasteiger partial charge in [0.25, 0.3) is 0 Å². The molecule has 0 heterocycles. The summed E-state index contributed by atoms with van der Waals surface area (Å²) in [5.41, 5.74) is 1.90. The zero-order valence-electron chi connectivity index (χ0n) is 13.2. The molecule has 0 spiro atoms. The first-order chi connectivity index (χ1) is 11.0. The number of rotatable bonds is 5. The minimum absolute atomic E-state index is 0.0350. The highest BCUT2D eigenvalue weighted by Gasteiger charge is 2.14. The lowest BCUT2D eigenvalue weighted by molar-refractivity contribution is 0.395. The Kier molecular flexibility index (Phi) is 6.24. The van der Waals surface area contributed by atoms with E-state index >= 15 is 0 Å². The van der Waals surface area contributed by atoms with Gasteiger partial charge in [0.15, 0.2) is 5.11 Å². The first kappa shape index (κ1) is 17.6. The summed E-state index contributed by atoms with van der Waals surface area (Å²) >= 11 is 8.83. The number of anilines is 1. The van der Waals surface area contributed by atoms with Gasteiger partial charge in [-0.2, -0.15) is 0 Å². The molecule has 0 aliphatic heterocycles. The number of benzene rings is 2. The van der Waals surface area contributed by atoms with E-state index in [4.69, 9.17) is 21.7 Å². The molecule has 0 radical (unpaired) electrons. The molecule has 6 heteroatoms. The van der Waals surface area contributed by atoms with Crippen molar-refractivity contribution in [3.05, 3.63) is 52.5 Å². The lowest BCUT2D eigenvalue weighted by Gasteiger charge is -2.20. The molecule has 1 atom stereocenters. The molecule has 23 heavy (non-hydrogen) atoms. The smallest absolute Gasteiger partial charge is 0.171 e. The maximum atomic E-state index is 5.42. The predicted octanol–water partition coefficient (Wildman–Crippen LogP) is 4.51. The van der Waals surface area contributed by atoms with Crippen LogP contribution in [-0.4, -0.2) is 19.3 Å². The average Bonchev–Trinajstić information content (AvgIpc) is 2.54. The molecule has 122 valence electrons. The highest BCUT2D eigenvalue weighted by atomic mass is 79.9. The van der Waals surface area contributed by atoms with E-state index in [1.165, 1.54) is 0 Å². The molecule has 2 aromatic rings. The predicted molar refractivity (Wildman–Crippen MR) is 101 cm³/mol. The Hall–Kier alpha value is -1.79. The standard InChI is InChI=1S/C17H19BrN2O2S/c1-11(15-10-14(21-2)7-8-16(15)22-3)19-17(23)20-13-6-4-5-12(18)9-13/h4-11H,1-3H3,(H2,19,20,23)/t11-/m1/s1. The highest BCUT2D eigenvalue weighted by Crippen LogP contribution is 2.29. The van der Waals surface area contributed by atoms with Crippen LogP contribution in [-0.2, 0) is 0 Å². The molecular formula is C17H19BrN2O2S. The summed E-state index contributed by atoms with van der Waals surface area (Å²) in [5, 5.41) is 6.97. The zero-order chi connectivity index (χ0) is 16.8. The Balaban J connectivity index is 2.09. The van der Waals surface area contributed by atoms with E-state index in [2.05, 4.69) is 26.6 Å². The molecule has 2 rings (SSSR count). The van der Waals surface area contributed by atoms with E-state index in [-0.39, 0.29) is 6.04 Å². The molecular weight excluding hydrogens is 376 g/mol. The summed E-state index contributed by atoms with van der Waals surface area (Å²) in [6.07, 6.45) is 0. The number of methoxy groups -OCH3 is 2. The van der Waals surface area contributed by atoms with Crippen molar-refractivity contribution >= 4 is 38.9 Å². The van der Waals surface area contributed by atoms with Crippen molar-refractivity contribution in [3.8, 4) is 11.5 Å². The van der Waals surface area contributed by atoms with Crippen LogP contribution in [0.3, 0.4) is 0 Å². The molecule has 0 saturated heterocycles. The first-order valence-corrected chi connectivity index (χ1v) is 8.28. The third-order valence-electron chi connectivity index (χ3n) is 3.33. The van der Waals surface area contributed by atoms with Crippen molar-refractivity contribution < 1.29 is 9.47 Å². The highest BCUT2D eigenvalue weighted by molar-refractivity contribution is 9.10. The molecule has 0 bridgehead atoms. The van der Waals surface area contributed by atoms with Gasteiger partial charge in [0.2, 0.25) is 0 Å². The maximum absolute atomic E-state index is 5.42. The summed E-state index contributed by atoms with van der Waals surface area (Å²) in [4.78, 5) is 0. The maximum Gasteiger partial charge on any atom is 0.171 e. The van der Waals surface area contributed by atoms with Crippen molar-refractivity contribution in [2.24, 2.45) is 0 Å². The summed E-state index contributed by atoms with van der Waals surface area (Å²) in [6, 6.07) is 13.5. The quantitative estimate of drug-likeness (QED) is 0.729. The molecule has 0 amide bonds. The van der Waals surface area contributed by atoms with E-state index in [1.54, 1.807) is 14.2 Å². The normalized spacial score (nSPS) is 11.5. The van der Waals surface area contributed by atoms with Gasteiger partial charge in [-0.25, -0.2) is 0 Å². The zero-order valence-corrected chi connectivity index (χ0v) is 15.6. The van der Waals surface area contributed by atoms with E-state index in [0.29, 0.717) is 5.11 Å². The lowest BCUT2D eigenvalue weighted by Crippen LogP contribution is -2.31. The number of ether oxygens (including phenoxy) is 2. The largest absolute Gasteiger partial charge is 0.497 e. The van der Waals surface area contributed by atoms with Gasteiger partial charge in [-0.1, -0.05) is 22.0 Å². The van der Waals surface area contributed by atoms with Crippen LogP contribution < -0.4 is 20.1 Å². The van der Waals surface area contributed by atoms with E-state index in [1.807, 2.05) is 49.4 Å². The van der Waals surface area contributed by atoms with Crippen molar-refractivity contribution in [2.45, 2.75) is 13.0 Å². The summed E-state index contributed by atoms with van der Waals surface area (Å²) in [7, 11) is 3.29. The molecule has 0 unspecified atom stereocenters. The lowest BCUT2D eigenvalue weighted by atomic mass is 10.1. The Morgan fingerprint density at radius 2 is 1.91 bits per heavy atom. The van der Waals surface area contributed by atoms with Crippen LogP contribution in [0.2, 0.25) is 0 Å². The Morgan fingerprint density at radius 1 is 1.13 bits per heavy atom. The SMILES string of the molecule is COc1ccc(OC)c([C@@H](C)NC(=S)Nc2cccc(Br)c2)c1. The van der Waals surface area contributed by atoms with Gasteiger partial charge in [-0.15, -0.1) is 0 Å². The van der Waals surface area contributed by atoms with Crippen molar-refractivity contribution in [1.29, 1.82) is 0 Å². The van der Waals surface area contributed by atoms with Gasteiger partial charge in [0.1, 0.15) is 11.5 Å². The van der Waals surface area contributed by atoms with E-state index in [0.717, 1.165) is 27.2 Å². The summed E-state index contributed by atoms with van der Waals surface area (Å²) in [6.45, 7) is 2.02. The fourth-order valence-electron chi connectivity index (χ4n) is 2.19. The van der Waals surface area contributed by atoms with Crippen molar-refractivity contribution in [1.82, 2.24) is 5.32 Å². The minimum Gasteiger partial charge on any atom is -0.497 e. The number of hydrogen-bond acceptors (Lipinski definition) is 3. The van der Waals surface area contributed by atoms with E-state index in [9.17, 15) is 0 Å². The molecule has 0 aliphatic carbocycles. The fourth-order valence-corrected chi connectivity index (χ4v) is 2.88. The summed E-state index contributed by atoms with van der Waals surface area (Å²) < 4.78 is 11.7. The van der Waals surface area contributed by atoms with Gasteiger partial charge in [0.05, 0.1) is 20.3 Å². The molecule has 0 saturated carbocycles. The van der Waals surface area contributed by atoms with Crippen molar-refractivity contribution in [2.75, 3.05) is 19.5 Å².